The normalized spacial score (nSPS) is 17.9. The van der Waals surface area contributed by atoms with Gasteiger partial charge in [-0.05, 0) is 18.9 Å². The van der Waals surface area contributed by atoms with Gasteiger partial charge < -0.3 is 4.74 Å². The van der Waals surface area contributed by atoms with Crippen LogP contribution in [-0.4, -0.2) is 30.0 Å². The summed E-state index contributed by atoms with van der Waals surface area (Å²) >= 11 is 6.02. The molecular formula is C16H21ClN2O3. The Hall–Kier alpha value is -1.62. The number of anilines is 1. The highest BCUT2D eigenvalue weighted by molar-refractivity contribution is 6.29. The van der Waals surface area contributed by atoms with E-state index >= 15 is 0 Å². The zero-order chi connectivity index (χ0) is 16.1. The standard InChI is InChI=1S/C16H21ClN2O3/c1-3-4-9-19-15(21)8-5-12(10-22-11(2)20)13-6-7-14(17)18-16(13)19/h6-7,12H,3-5,8-10H2,1-2H3. The highest BCUT2D eigenvalue weighted by Crippen LogP contribution is 2.35. The van der Waals surface area contributed by atoms with Gasteiger partial charge in [0.25, 0.3) is 0 Å². The number of unbranched alkanes of at least 4 members (excludes halogenated alkanes) is 1. The third kappa shape index (κ3) is 3.97. The molecule has 0 bridgehead atoms. The van der Waals surface area contributed by atoms with E-state index in [1.807, 2.05) is 6.07 Å². The van der Waals surface area contributed by atoms with E-state index in [1.54, 1.807) is 11.0 Å². The topological polar surface area (TPSA) is 59.5 Å². The van der Waals surface area contributed by atoms with E-state index in [1.165, 1.54) is 6.92 Å². The highest BCUT2D eigenvalue weighted by atomic mass is 35.5. The lowest BCUT2D eigenvalue weighted by Gasteiger charge is -2.23. The summed E-state index contributed by atoms with van der Waals surface area (Å²) in [5.41, 5.74) is 0.924. The Bertz CT molecular complexity index is 562. The number of hydrogen-bond acceptors (Lipinski definition) is 4. The lowest BCUT2D eigenvalue weighted by atomic mass is 9.96. The fourth-order valence-corrected chi connectivity index (χ4v) is 2.76. The van der Waals surface area contributed by atoms with Crippen LogP contribution >= 0.6 is 11.6 Å². The van der Waals surface area contributed by atoms with Crippen LogP contribution in [0.5, 0.6) is 0 Å². The average Bonchev–Trinajstić information content (AvgIpc) is 2.60. The van der Waals surface area contributed by atoms with Crippen molar-refractivity contribution in [2.24, 2.45) is 0 Å². The molecule has 0 N–H and O–H groups in total. The number of esters is 1. The summed E-state index contributed by atoms with van der Waals surface area (Å²) in [6, 6.07) is 3.60. The second-order valence-corrected chi connectivity index (χ2v) is 5.87. The van der Waals surface area contributed by atoms with Gasteiger partial charge in [-0.15, -0.1) is 0 Å². The molecule has 0 aliphatic carbocycles. The molecule has 1 atom stereocenters. The summed E-state index contributed by atoms with van der Waals surface area (Å²) < 4.78 is 5.15. The van der Waals surface area contributed by atoms with Crippen LogP contribution in [0.4, 0.5) is 5.82 Å². The minimum absolute atomic E-state index is 0.0285. The average molecular weight is 325 g/mol. The quantitative estimate of drug-likeness (QED) is 0.616. The third-order valence-electron chi connectivity index (χ3n) is 3.80. The van der Waals surface area contributed by atoms with E-state index in [9.17, 15) is 9.59 Å². The van der Waals surface area contributed by atoms with E-state index in [4.69, 9.17) is 16.3 Å². The Morgan fingerprint density at radius 3 is 2.95 bits per heavy atom. The molecule has 0 aromatic carbocycles. The smallest absolute Gasteiger partial charge is 0.302 e. The highest BCUT2D eigenvalue weighted by Gasteiger charge is 2.29. The molecule has 1 aromatic rings. The number of ether oxygens (including phenoxy) is 1. The van der Waals surface area contributed by atoms with Gasteiger partial charge in [-0.2, -0.15) is 0 Å². The molecule has 6 heteroatoms. The molecule has 0 saturated heterocycles. The van der Waals surface area contributed by atoms with Crippen LogP contribution in [0, 0.1) is 0 Å². The maximum Gasteiger partial charge on any atom is 0.302 e. The number of carbonyl (C=O) groups excluding carboxylic acids is 2. The summed E-state index contributed by atoms with van der Waals surface area (Å²) in [7, 11) is 0. The molecule has 0 spiro atoms. The SMILES string of the molecule is CCCCN1C(=O)CCC(COC(C)=O)c2ccc(Cl)nc21. The minimum Gasteiger partial charge on any atom is -0.465 e. The summed E-state index contributed by atoms with van der Waals surface area (Å²) in [6.45, 7) is 4.37. The van der Waals surface area contributed by atoms with Crippen molar-refractivity contribution in [1.29, 1.82) is 0 Å². The Labute approximate surface area is 135 Å². The van der Waals surface area contributed by atoms with Crippen LogP contribution in [0.1, 0.15) is 51.0 Å². The van der Waals surface area contributed by atoms with Crippen LogP contribution in [-0.2, 0) is 14.3 Å². The van der Waals surface area contributed by atoms with Crippen LogP contribution < -0.4 is 4.90 Å². The zero-order valence-corrected chi connectivity index (χ0v) is 13.7. The predicted octanol–water partition coefficient (Wildman–Crippen LogP) is 3.31. The number of aromatic nitrogens is 1. The van der Waals surface area contributed by atoms with Gasteiger partial charge >= 0.3 is 5.97 Å². The Morgan fingerprint density at radius 1 is 1.50 bits per heavy atom. The van der Waals surface area contributed by atoms with Gasteiger partial charge in [-0.25, -0.2) is 4.98 Å². The molecule has 5 nitrogen and oxygen atoms in total. The third-order valence-corrected chi connectivity index (χ3v) is 4.01. The second kappa shape index (κ2) is 7.58. The van der Waals surface area contributed by atoms with Crippen molar-refractivity contribution in [2.75, 3.05) is 18.1 Å². The van der Waals surface area contributed by atoms with Crippen molar-refractivity contribution in [1.82, 2.24) is 4.98 Å². The summed E-state index contributed by atoms with van der Waals surface area (Å²) in [5.74, 6) is 0.316. The van der Waals surface area contributed by atoms with Crippen molar-refractivity contribution >= 4 is 29.3 Å². The van der Waals surface area contributed by atoms with Crippen LogP contribution in [0.2, 0.25) is 5.15 Å². The van der Waals surface area contributed by atoms with E-state index in [2.05, 4.69) is 11.9 Å². The van der Waals surface area contributed by atoms with E-state index in [0.717, 1.165) is 18.4 Å². The zero-order valence-electron chi connectivity index (χ0n) is 13.0. The fourth-order valence-electron chi connectivity index (χ4n) is 2.62. The number of amides is 1. The molecule has 120 valence electrons. The molecule has 2 heterocycles. The van der Waals surface area contributed by atoms with Gasteiger partial charge in [0.05, 0.1) is 6.61 Å². The molecule has 0 radical (unpaired) electrons. The first kappa shape index (κ1) is 16.7. The van der Waals surface area contributed by atoms with E-state index < -0.39 is 0 Å². The summed E-state index contributed by atoms with van der Waals surface area (Å²) in [5, 5.41) is 0.362. The van der Waals surface area contributed by atoms with Crippen LogP contribution in [0.25, 0.3) is 0 Å². The lowest BCUT2D eigenvalue weighted by Crippen LogP contribution is -2.32. The molecule has 1 aliphatic rings. The van der Waals surface area contributed by atoms with Crippen molar-refractivity contribution in [3.63, 3.8) is 0 Å². The van der Waals surface area contributed by atoms with Crippen molar-refractivity contribution in [3.8, 4) is 0 Å². The van der Waals surface area contributed by atoms with Gasteiger partial charge in [0.1, 0.15) is 11.0 Å². The number of rotatable bonds is 5. The number of pyridine rings is 1. The lowest BCUT2D eigenvalue weighted by molar-refractivity contribution is -0.141. The molecule has 0 fully saturated rings. The molecule has 22 heavy (non-hydrogen) atoms. The van der Waals surface area contributed by atoms with Crippen LogP contribution in [0.3, 0.4) is 0 Å². The predicted molar refractivity (Wildman–Crippen MR) is 85.1 cm³/mol. The summed E-state index contributed by atoms with van der Waals surface area (Å²) in [4.78, 5) is 29.6. The maximum absolute atomic E-state index is 12.4. The summed E-state index contributed by atoms with van der Waals surface area (Å²) in [6.07, 6.45) is 2.97. The molecule has 2 rings (SSSR count). The number of fused-ring (bicyclic) bond motifs is 1. The number of carbonyl (C=O) groups is 2. The van der Waals surface area contributed by atoms with Crippen molar-refractivity contribution < 1.29 is 14.3 Å². The Morgan fingerprint density at radius 2 is 2.27 bits per heavy atom. The first-order valence-electron chi connectivity index (χ1n) is 7.63. The van der Waals surface area contributed by atoms with Crippen LogP contribution in [0.15, 0.2) is 12.1 Å². The largest absolute Gasteiger partial charge is 0.465 e. The van der Waals surface area contributed by atoms with Crippen molar-refractivity contribution in [3.05, 3.63) is 22.8 Å². The van der Waals surface area contributed by atoms with Crippen molar-refractivity contribution in [2.45, 2.75) is 45.4 Å². The Balaban J connectivity index is 2.34. The monoisotopic (exact) mass is 324 g/mol. The maximum atomic E-state index is 12.4. The van der Waals surface area contributed by atoms with Gasteiger partial charge in [-0.1, -0.05) is 31.0 Å². The van der Waals surface area contributed by atoms with Gasteiger partial charge in [0.2, 0.25) is 5.91 Å². The molecule has 1 aliphatic heterocycles. The molecule has 0 saturated carbocycles. The number of hydrogen-bond donors (Lipinski definition) is 0. The van der Waals surface area contributed by atoms with E-state index in [-0.39, 0.29) is 24.4 Å². The first-order chi connectivity index (χ1) is 10.5. The fraction of sp³-hybridized carbons (Fsp3) is 0.562. The Kier molecular flexibility index (Phi) is 5.77. The first-order valence-corrected chi connectivity index (χ1v) is 8.01. The van der Waals surface area contributed by atoms with Gasteiger partial charge in [-0.3, -0.25) is 14.5 Å². The second-order valence-electron chi connectivity index (χ2n) is 5.48. The molecule has 1 unspecified atom stereocenters. The van der Waals surface area contributed by atoms with E-state index in [0.29, 0.717) is 30.4 Å². The molecular weight excluding hydrogens is 304 g/mol. The molecule has 1 amide bonds. The number of nitrogens with zero attached hydrogens (tertiary/aromatic N) is 2. The van der Waals surface area contributed by atoms with Gasteiger partial charge in [0.15, 0.2) is 0 Å². The molecule has 1 aromatic heterocycles. The van der Waals surface area contributed by atoms with Gasteiger partial charge in [0, 0.05) is 31.4 Å². The number of halogens is 1. The minimum atomic E-state index is -0.318.